The Hall–Kier alpha value is -1.75. The van der Waals surface area contributed by atoms with Crippen molar-refractivity contribution in [2.75, 3.05) is 13.2 Å². The van der Waals surface area contributed by atoms with Crippen LogP contribution in [-0.4, -0.2) is 24.3 Å². The Balaban J connectivity index is 2.38. The summed E-state index contributed by atoms with van der Waals surface area (Å²) in [5, 5.41) is 8.81. The van der Waals surface area contributed by atoms with Gasteiger partial charge in [-0.15, -0.1) is 0 Å². The lowest BCUT2D eigenvalue weighted by molar-refractivity contribution is -0.137. The molecule has 0 bridgehead atoms. The molecule has 0 saturated carbocycles. The van der Waals surface area contributed by atoms with Crippen molar-refractivity contribution in [3.05, 3.63) is 23.3 Å². The lowest BCUT2D eigenvalue weighted by Gasteiger charge is -2.24. The Morgan fingerprint density at radius 2 is 2.17 bits per heavy atom. The highest BCUT2D eigenvalue weighted by Gasteiger charge is 2.22. The molecular weight excluding hydrogens is 234 g/mol. The van der Waals surface area contributed by atoms with Crippen molar-refractivity contribution < 1.29 is 19.4 Å². The van der Waals surface area contributed by atoms with E-state index in [1.165, 1.54) is 0 Å². The number of ether oxygens (including phenoxy) is 2. The third-order valence-corrected chi connectivity index (χ3v) is 3.00. The molecule has 98 valence electrons. The zero-order chi connectivity index (χ0) is 13.1. The van der Waals surface area contributed by atoms with Crippen LogP contribution >= 0.6 is 0 Å². The summed E-state index contributed by atoms with van der Waals surface area (Å²) in [6.45, 7) is 3.04. The topological polar surface area (TPSA) is 81.8 Å². The molecule has 0 saturated heterocycles. The third kappa shape index (κ3) is 2.41. The highest BCUT2D eigenvalue weighted by Crippen LogP contribution is 2.38. The van der Waals surface area contributed by atoms with Crippen LogP contribution in [0.2, 0.25) is 0 Å². The van der Waals surface area contributed by atoms with Gasteiger partial charge in [0.05, 0.1) is 6.42 Å². The van der Waals surface area contributed by atoms with Crippen LogP contribution in [0.25, 0.3) is 0 Å². The summed E-state index contributed by atoms with van der Waals surface area (Å²) in [5.41, 5.74) is 7.70. The van der Waals surface area contributed by atoms with Crippen molar-refractivity contribution in [1.29, 1.82) is 0 Å². The number of aliphatic carboxylic acids is 1. The van der Waals surface area contributed by atoms with E-state index in [2.05, 4.69) is 0 Å². The molecule has 1 unspecified atom stereocenters. The first-order chi connectivity index (χ1) is 8.63. The number of carboxylic acids is 1. The Morgan fingerprint density at radius 1 is 1.44 bits per heavy atom. The summed E-state index contributed by atoms with van der Waals surface area (Å²) in [6.07, 6.45) is 0.641. The van der Waals surface area contributed by atoms with Crippen molar-refractivity contribution >= 4 is 5.97 Å². The number of fused-ring (bicyclic) bond motifs is 1. The second-order valence-electron chi connectivity index (χ2n) is 4.22. The highest BCUT2D eigenvalue weighted by molar-refractivity contribution is 5.68. The van der Waals surface area contributed by atoms with Crippen LogP contribution in [0.3, 0.4) is 0 Å². The number of benzene rings is 1. The molecule has 5 heteroatoms. The predicted molar refractivity (Wildman–Crippen MR) is 66.0 cm³/mol. The first-order valence-corrected chi connectivity index (χ1v) is 6.02. The SMILES string of the molecule is CCc1c(C(N)CC(=O)O)ccc2c1OCCO2. The monoisotopic (exact) mass is 251 g/mol. The first kappa shape index (κ1) is 12.7. The maximum Gasteiger partial charge on any atom is 0.305 e. The maximum absolute atomic E-state index is 10.7. The molecule has 0 amide bonds. The van der Waals surface area contributed by atoms with Gasteiger partial charge in [0.25, 0.3) is 0 Å². The minimum absolute atomic E-state index is 0.0906. The van der Waals surface area contributed by atoms with Crippen molar-refractivity contribution in [2.24, 2.45) is 5.73 Å². The Bertz CT molecular complexity index is 459. The Labute approximate surface area is 106 Å². The molecular formula is C13H17NO4. The molecule has 18 heavy (non-hydrogen) atoms. The summed E-state index contributed by atoms with van der Waals surface area (Å²) in [7, 11) is 0. The largest absolute Gasteiger partial charge is 0.486 e. The molecule has 1 aliphatic heterocycles. The molecule has 1 atom stereocenters. The number of rotatable bonds is 4. The molecule has 0 radical (unpaired) electrons. The molecule has 1 aromatic carbocycles. The van der Waals surface area contributed by atoms with Crippen LogP contribution in [0.15, 0.2) is 12.1 Å². The third-order valence-electron chi connectivity index (χ3n) is 3.00. The molecule has 0 spiro atoms. The lowest BCUT2D eigenvalue weighted by Crippen LogP contribution is -2.20. The smallest absolute Gasteiger partial charge is 0.305 e. The summed E-state index contributed by atoms with van der Waals surface area (Å²) in [6, 6.07) is 3.11. The number of nitrogens with two attached hydrogens (primary N) is 1. The van der Waals surface area contributed by atoms with Gasteiger partial charge in [-0.3, -0.25) is 4.79 Å². The lowest BCUT2D eigenvalue weighted by atomic mass is 9.95. The van der Waals surface area contributed by atoms with Crippen LogP contribution in [0, 0.1) is 0 Å². The van der Waals surface area contributed by atoms with Crippen molar-refractivity contribution in [3.63, 3.8) is 0 Å². The van der Waals surface area contributed by atoms with Crippen LogP contribution in [0.1, 0.15) is 30.5 Å². The quantitative estimate of drug-likeness (QED) is 0.847. The maximum atomic E-state index is 10.7. The molecule has 1 heterocycles. The van der Waals surface area contributed by atoms with E-state index in [0.29, 0.717) is 24.7 Å². The van der Waals surface area contributed by atoms with E-state index in [1.807, 2.05) is 13.0 Å². The van der Waals surface area contributed by atoms with E-state index < -0.39 is 12.0 Å². The molecule has 2 rings (SSSR count). The minimum atomic E-state index is -0.903. The number of hydrogen-bond acceptors (Lipinski definition) is 4. The molecule has 1 aromatic rings. The van der Waals surface area contributed by atoms with Crippen LogP contribution in [0.4, 0.5) is 0 Å². The molecule has 3 N–H and O–H groups in total. The van der Waals surface area contributed by atoms with Gasteiger partial charge >= 0.3 is 5.97 Å². The van der Waals surface area contributed by atoms with Crippen LogP contribution < -0.4 is 15.2 Å². The zero-order valence-electron chi connectivity index (χ0n) is 10.3. The number of carbonyl (C=O) groups is 1. The van der Waals surface area contributed by atoms with E-state index >= 15 is 0 Å². The van der Waals surface area contributed by atoms with Gasteiger partial charge in [0.1, 0.15) is 13.2 Å². The molecule has 0 aliphatic carbocycles. The van der Waals surface area contributed by atoms with Gasteiger partial charge < -0.3 is 20.3 Å². The van der Waals surface area contributed by atoms with Crippen molar-refractivity contribution in [1.82, 2.24) is 0 Å². The molecule has 1 aliphatic rings. The van der Waals surface area contributed by atoms with Gasteiger partial charge in [0.15, 0.2) is 11.5 Å². The summed E-state index contributed by atoms with van der Waals surface area (Å²) >= 11 is 0. The van der Waals surface area contributed by atoms with Gasteiger partial charge in [-0.1, -0.05) is 13.0 Å². The van der Waals surface area contributed by atoms with Gasteiger partial charge in [-0.05, 0) is 18.1 Å². The fraction of sp³-hybridized carbons (Fsp3) is 0.462. The van der Waals surface area contributed by atoms with E-state index in [-0.39, 0.29) is 6.42 Å². The molecule has 5 nitrogen and oxygen atoms in total. The standard InChI is InChI=1S/C13H17NO4/c1-2-8-9(10(14)7-12(15)16)3-4-11-13(8)18-6-5-17-11/h3-4,10H,2,5-7,14H2,1H3,(H,15,16). The normalized spacial score (nSPS) is 15.2. The van der Waals surface area contributed by atoms with E-state index in [0.717, 1.165) is 17.5 Å². The fourth-order valence-corrected chi connectivity index (χ4v) is 2.20. The van der Waals surface area contributed by atoms with Crippen molar-refractivity contribution in [2.45, 2.75) is 25.8 Å². The Kier molecular flexibility index (Phi) is 3.72. The van der Waals surface area contributed by atoms with E-state index in [9.17, 15) is 4.79 Å². The second kappa shape index (κ2) is 5.27. The second-order valence-corrected chi connectivity index (χ2v) is 4.22. The predicted octanol–water partition coefficient (Wildman–Crippen LogP) is 1.49. The van der Waals surface area contributed by atoms with Gasteiger partial charge in [-0.25, -0.2) is 0 Å². The molecule has 0 aromatic heterocycles. The minimum Gasteiger partial charge on any atom is -0.486 e. The summed E-state index contributed by atoms with van der Waals surface area (Å²) in [5.74, 6) is 0.519. The summed E-state index contributed by atoms with van der Waals surface area (Å²) in [4.78, 5) is 10.7. The zero-order valence-corrected chi connectivity index (χ0v) is 10.3. The van der Waals surface area contributed by atoms with Crippen LogP contribution in [-0.2, 0) is 11.2 Å². The summed E-state index contributed by atoms with van der Waals surface area (Å²) < 4.78 is 11.1. The van der Waals surface area contributed by atoms with Crippen LogP contribution in [0.5, 0.6) is 11.5 Å². The first-order valence-electron chi connectivity index (χ1n) is 6.02. The van der Waals surface area contributed by atoms with Gasteiger partial charge in [0.2, 0.25) is 0 Å². The Morgan fingerprint density at radius 3 is 2.83 bits per heavy atom. The fourth-order valence-electron chi connectivity index (χ4n) is 2.20. The average Bonchev–Trinajstić information content (AvgIpc) is 2.36. The van der Waals surface area contributed by atoms with Crippen molar-refractivity contribution in [3.8, 4) is 11.5 Å². The van der Waals surface area contributed by atoms with Gasteiger partial charge in [-0.2, -0.15) is 0 Å². The molecule has 0 fully saturated rings. The number of hydrogen-bond donors (Lipinski definition) is 2. The highest BCUT2D eigenvalue weighted by atomic mass is 16.6. The average molecular weight is 251 g/mol. The van der Waals surface area contributed by atoms with Gasteiger partial charge in [0, 0.05) is 11.6 Å². The van der Waals surface area contributed by atoms with E-state index in [4.69, 9.17) is 20.3 Å². The number of carboxylic acid groups (broad SMARTS) is 1. The van der Waals surface area contributed by atoms with E-state index in [1.54, 1.807) is 6.07 Å².